The number of hydrogen-bond acceptors (Lipinski definition) is 4. The largest absolute Gasteiger partial charge is 0.325 e. The topological polar surface area (TPSA) is 75.3 Å². The molecule has 0 aliphatic carbocycles. The Kier molecular flexibility index (Phi) is 5.23. The number of nitrogens with one attached hydrogen (secondary N) is 2. The Labute approximate surface area is 138 Å². The highest BCUT2D eigenvalue weighted by Gasteiger charge is 2.18. The summed E-state index contributed by atoms with van der Waals surface area (Å²) in [5.74, 6) is -0.431. The number of sulfonamides is 1. The average Bonchev–Trinajstić information content (AvgIpc) is 2.89. The van der Waals surface area contributed by atoms with Crippen LogP contribution in [0, 0.1) is 13.8 Å². The third-order valence-corrected chi connectivity index (χ3v) is 6.24. The second-order valence-corrected chi connectivity index (χ2v) is 8.39. The first-order chi connectivity index (χ1) is 10.3. The molecule has 0 spiro atoms. The van der Waals surface area contributed by atoms with Crippen LogP contribution in [0.3, 0.4) is 0 Å². The van der Waals surface area contributed by atoms with Gasteiger partial charge in [-0.05, 0) is 43.2 Å². The van der Waals surface area contributed by atoms with Gasteiger partial charge in [0, 0.05) is 5.69 Å². The molecule has 0 aliphatic heterocycles. The second kappa shape index (κ2) is 6.78. The average molecular weight is 359 g/mol. The van der Waals surface area contributed by atoms with Gasteiger partial charge in [0.15, 0.2) is 0 Å². The molecule has 22 heavy (non-hydrogen) atoms. The van der Waals surface area contributed by atoms with Gasteiger partial charge >= 0.3 is 0 Å². The number of aryl methyl sites for hydroxylation is 1. The molecule has 1 aromatic carbocycles. The lowest BCUT2D eigenvalue weighted by Gasteiger charge is -2.10. The van der Waals surface area contributed by atoms with Crippen molar-refractivity contribution in [2.24, 2.45) is 0 Å². The molecule has 0 bridgehead atoms. The molecule has 1 amide bonds. The molecule has 2 rings (SSSR count). The molecule has 1 heterocycles. The van der Waals surface area contributed by atoms with Crippen molar-refractivity contribution < 1.29 is 13.2 Å². The first-order valence-electron chi connectivity index (χ1n) is 6.40. The summed E-state index contributed by atoms with van der Waals surface area (Å²) in [5, 5.41) is 2.69. The zero-order chi connectivity index (χ0) is 16.3. The SMILES string of the molecule is Cc1cccc(NC(=O)CNS(=O)(=O)c2ccc(Cl)s2)c1C. The van der Waals surface area contributed by atoms with Crippen molar-refractivity contribution in [2.75, 3.05) is 11.9 Å². The number of carbonyl (C=O) groups excluding carboxylic acids is 1. The van der Waals surface area contributed by atoms with E-state index in [9.17, 15) is 13.2 Å². The molecule has 0 aliphatic rings. The molecule has 0 fully saturated rings. The lowest BCUT2D eigenvalue weighted by atomic mass is 10.1. The monoisotopic (exact) mass is 358 g/mol. The van der Waals surface area contributed by atoms with Gasteiger partial charge in [0.05, 0.1) is 10.9 Å². The van der Waals surface area contributed by atoms with Gasteiger partial charge in [0.2, 0.25) is 5.91 Å². The van der Waals surface area contributed by atoms with Gasteiger partial charge in [0.1, 0.15) is 4.21 Å². The first kappa shape index (κ1) is 17.0. The van der Waals surface area contributed by atoms with E-state index in [1.54, 1.807) is 6.07 Å². The highest BCUT2D eigenvalue weighted by atomic mass is 35.5. The van der Waals surface area contributed by atoms with E-state index in [-0.39, 0.29) is 10.8 Å². The molecule has 0 saturated heterocycles. The van der Waals surface area contributed by atoms with Crippen molar-refractivity contribution >= 4 is 44.6 Å². The van der Waals surface area contributed by atoms with Crippen molar-refractivity contribution in [2.45, 2.75) is 18.1 Å². The molecule has 0 radical (unpaired) electrons. The van der Waals surface area contributed by atoms with Crippen molar-refractivity contribution in [1.82, 2.24) is 4.72 Å². The van der Waals surface area contributed by atoms with Crippen LogP contribution < -0.4 is 10.0 Å². The maximum absolute atomic E-state index is 12.0. The first-order valence-corrected chi connectivity index (χ1v) is 9.08. The summed E-state index contributed by atoms with van der Waals surface area (Å²) in [5.41, 5.74) is 2.67. The second-order valence-electron chi connectivity index (χ2n) is 4.68. The van der Waals surface area contributed by atoms with E-state index in [1.165, 1.54) is 12.1 Å². The van der Waals surface area contributed by atoms with Gasteiger partial charge in [-0.15, -0.1) is 11.3 Å². The van der Waals surface area contributed by atoms with E-state index in [2.05, 4.69) is 10.0 Å². The lowest BCUT2D eigenvalue weighted by Crippen LogP contribution is -2.32. The van der Waals surface area contributed by atoms with Gasteiger partial charge in [0.25, 0.3) is 10.0 Å². The van der Waals surface area contributed by atoms with E-state index in [0.29, 0.717) is 10.0 Å². The molecule has 5 nitrogen and oxygen atoms in total. The predicted molar refractivity (Wildman–Crippen MR) is 89.1 cm³/mol. The third kappa shape index (κ3) is 4.07. The fourth-order valence-corrected chi connectivity index (χ4v) is 4.26. The van der Waals surface area contributed by atoms with E-state index in [4.69, 9.17) is 11.6 Å². The summed E-state index contributed by atoms with van der Waals surface area (Å²) >= 11 is 6.65. The molecule has 8 heteroatoms. The molecule has 118 valence electrons. The minimum Gasteiger partial charge on any atom is -0.325 e. The summed E-state index contributed by atoms with van der Waals surface area (Å²) in [6.45, 7) is 3.49. The van der Waals surface area contributed by atoms with Crippen LogP contribution in [0.4, 0.5) is 5.69 Å². The minimum atomic E-state index is -3.72. The summed E-state index contributed by atoms with van der Waals surface area (Å²) in [4.78, 5) is 11.9. The third-order valence-electron chi connectivity index (χ3n) is 3.11. The Morgan fingerprint density at radius 1 is 1.23 bits per heavy atom. The van der Waals surface area contributed by atoms with Crippen molar-refractivity contribution in [1.29, 1.82) is 0 Å². The summed E-state index contributed by atoms with van der Waals surface area (Å²) in [6.07, 6.45) is 0. The van der Waals surface area contributed by atoms with Crippen molar-refractivity contribution in [3.63, 3.8) is 0 Å². The van der Waals surface area contributed by atoms with Crippen LogP contribution in [-0.2, 0) is 14.8 Å². The number of carbonyl (C=O) groups is 1. The number of hydrogen-bond donors (Lipinski definition) is 2. The molecule has 0 unspecified atom stereocenters. The van der Waals surface area contributed by atoms with Gasteiger partial charge in [-0.2, -0.15) is 0 Å². The fourth-order valence-electron chi connectivity index (χ4n) is 1.75. The standard InChI is InChI=1S/C14H15ClN2O3S2/c1-9-4-3-5-11(10(9)2)17-13(18)8-16-22(19,20)14-7-6-12(15)21-14/h3-7,16H,8H2,1-2H3,(H,17,18). The van der Waals surface area contributed by atoms with Gasteiger partial charge in [-0.25, -0.2) is 13.1 Å². The zero-order valence-corrected chi connectivity index (χ0v) is 14.4. The van der Waals surface area contributed by atoms with Crippen molar-refractivity contribution in [3.8, 4) is 0 Å². The van der Waals surface area contributed by atoms with Crippen LogP contribution in [0.2, 0.25) is 4.34 Å². The van der Waals surface area contributed by atoms with Gasteiger partial charge in [-0.3, -0.25) is 4.79 Å². The Balaban J connectivity index is 2.00. The quantitative estimate of drug-likeness (QED) is 0.862. The number of anilines is 1. The van der Waals surface area contributed by atoms with Crippen LogP contribution in [-0.4, -0.2) is 20.9 Å². The summed E-state index contributed by atoms with van der Waals surface area (Å²) in [6, 6.07) is 8.44. The number of halogens is 1. The maximum atomic E-state index is 12.0. The van der Waals surface area contributed by atoms with E-state index < -0.39 is 15.9 Å². The summed E-state index contributed by atoms with van der Waals surface area (Å²) < 4.78 is 26.7. The number of rotatable bonds is 5. The lowest BCUT2D eigenvalue weighted by molar-refractivity contribution is -0.115. The molecule has 2 aromatic rings. The minimum absolute atomic E-state index is 0.0806. The number of amides is 1. The van der Waals surface area contributed by atoms with Crippen molar-refractivity contribution in [3.05, 3.63) is 45.8 Å². The van der Waals surface area contributed by atoms with Crippen LogP contribution in [0.5, 0.6) is 0 Å². The van der Waals surface area contributed by atoms with E-state index in [1.807, 2.05) is 26.0 Å². The molecular formula is C14H15ClN2O3S2. The van der Waals surface area contributed by atoms with Crippen LogP contribution in [0.1, 0.15) is 11.1 Å². The molecular weight excluding hydrogens is 344 g/mol. The Morgan fingerprint density at radius 2 is 1.95 bits per heavy atom. The van der Waals surface area contributed by atoms with Crippen LogP contribution in [0.25, 0.3) is 0 Å². The highest BCUT2D eigenvalue weighted by Crippen LogP contribution is 2.25. The molecule has 2 N–H and O–H groups in total. The number of thiophene rings is 1. The van der Waals surface area contributed by atoms with Crippen LogP contribution in [0.15, 0.2) is 34.5 Å². The normalized spacial score (nSPS) is 11.4. The highest BCUT2D eigenvalue weighted by molar-refractivity contribution is 7.91. The fraction of sp³-hybridized carbons (Fsp3) is 0.214. The summed E-state index contributed by atoms with van der Waals surface area (Å²) in [7, 11) is -3.72. The number of benzene rings is 1. The van der Waals surface area contributed by atoms with Gasteiger partial charge < -0.3 is 5.32 Å². The maximum Gasteiger partial charge on any atom is 0.250 e. The van der Waals surface area contributed by atoms with Crippen LogP contribution >= 0.6 is 22.9 Å². The Morgan fingerprint density at radius 3 is 2.59 bits per heavy atom. The molecule has 1 aromatic heterocycles. The smallest absolute Gasteiger partial charge is 0.250 e. The van der Waals surface area contributed by atoms with E-state index in [0.717, 1.165) is 22.5 Å². The van der Waals surface area contributed by atoms with E-state index >= 15 is 0 Å². The molecule has 0 atom stereocenters. The zero-order valence-electron chi connectivity index (χ0n) is 12.0. The predicted octanol–water partition coefficient (Wildman–Crippen LogP) is 2.94. The Hall–Kier alpha value is -1.41. The molecule has 0 saturated carbocycles. The van der Waals surface area contributed by atoms with Gasteiger partial charge in [-0.1, -0.05) is 23.7 Å². The Bertz CT molecular complexity index is 800.